The van der Waals surface area contributed by atoms with Gasteiger partial charge in [0, 0.05) is 18.5 Å². The Morgan fingerprint density at radius 1 is 0.805 bits per heavy atom. The summed E-state index contributed by atoms with van der Waals surface area (Å²) in [6, 6.07) is 17.6. The second kappa shape index (κ2) is 15.8. The molecule has 222 valence electrons. The molecule has 9 heteroatoms. The van der Waals surface area contributed by atoms with E-state index in [4.69, 9.17) is 9.47 Å². The van der Waals surface area contributed by atoms with Crippen LogP contribution in [0.25, 0.3) is 0 Å². The van der Waals surface area contributed by atoms with Gasteiger partial charge >= 0.3 is 12.2 Å². The summed E-state index contributed by atoms with van der Waals surface area (Å²) < 4.78 is 10.7. The molecule has 2 N–H and O–H groups in total. The van der Waals surface area contributed by atoms with Gasteiger partial charge < -0.3 is 25.0 Å². The fraction of sp³-hybridized carbons (Fsp3) is 0.500. The summed E-state index contributed by atoms with van der Waals surface area (Å²) in [5, 5.41) is 5.63. The lowest BCUT2D eigenvalue weighted by molar-refractivity contribution is -0.134. The third kappa shape index (κ3) is 10.9. The van der Waals surface area contributed by atoms with Crippen LogP contribution in [0.4, 0.5) is 9.59 Å². The fourth-order valence-electron chi connectivity index (χ4n) is 5.00. The van der Waals surface area contributed by atoms with Gasteiger partial charge in [0.25, 0.3) is 0 Å². The number of Topliss-reactive ketones (excluding diaryl/α,β-unsaturated/α-hetero) is 1. The number of alkyl carbamates (subject to hydrolysis) is 2. The van der Waals surface area contributed by atoms with Crippen LogP contribution in [-0.2, 0) is 32.3 Å². The molecule has 2 aromatic rings. The monoisotopic (exact) mass is 565 g/mol. The summed E-state index contributed by atoms with van der Waals surface area (Å²) in [7, 11) is 0. The number of likely N-dealkylation sites (tertiary alicyclic amines) is 1. The lowest BCUT2D eigenvalue weighted by Gasteiger charge is -2.26. The molecule has 1 aliphatic heterocycles. The number of benzene rings is 2. The zero-order chi connectivity index (χ0) is 29.8. The molecular formula is C32H43N3O6. The van der Waals surface area contributed by atoms with Crippen molar-refractivity contribution >= 4 is 23.9 Å². The average molecular weight is 566 g/mol. The lowest BCUT2D eigenvalue weighted by atomic mass is 9.92. The minimum absolute atomic E-state index is 0.0221. The first-order valence-electron chi connectivity index (χ1n) is 14.4. The number of rotatable bonds is 13. The highest BCUT2D eigenvalue weighted by Crippen LogP contribution is 2.23. The number of carbonyl (C=O) groups is 4. The summed E-state index contributed by atoms with van der Waals surface area (Å²) in [4.78, 5) is 53.0. The van der Waals surface area contributed by atoms with Crippen molar-refractivity contribution in [2.45, 2.75) is 72.3 Å². The highest BCUT2D eigenvalue weighted by atomic mass is 16.6. The highest BCUT2D eigenvalue weighted by Gasteiger charge is 2.38. The molecular weight excluding hydrogens is 522 g/mol. The number of ketones is 1. The molecule has 0 radical (unpaired) electrons. The van der Waals surface area contributed by atoms with Gasteiger partial charge in [-0.25, -0.2) is 9.59 Å². The smallest absolute Gasteiger partial charge is 0.408 e. The maximum Gasteiger partial charge on any atom is 0.408 e. The summed E-state index contributed by atoms with van der Waals surface area (Å²) in [6.45, 7) is 8.50. The first-order valence-corrected chi connectivity index (χ1v) is 14.4. The largest absolute Gasteiger partial charge is 0.445 e. The molecule has 0 aliphatic carbocycles. The minimum Gasteiger partial charge on any atom is -0.445 e. The first kappa shape index (κ1) is 31.6. The SMILES string of the molecule is CC(C)C[C@@H](CC1CN(C(=O)[C@H](CC(C)C)NC(=O)OCc2ccccc2)CC1=O)NC(=O)OCc1ccccc1. The predicted molar refractivity (Wildman–Crippen MR) is 156 cm³/mol. The van der Waals surface area contributed by atoms with Crippen molar-refractivity contribution < 1.29 is 28.7 Å². The number of hydrogen-bond donors (Lipinski definition) is 2. The Morgan fingerprint density at radius 2 is 1.32 bits per heavy atom. The van der Waals surface area contributed by atoms with Crippen LogP contribution in [0.5, 0.6) is 0 Å². The molecule has 1 unspecified atom stereocenters. The van der Waals surface area contributed by atoms with Crippen LogP contribution in [0.15, 0.2) is 60.7 Å². The van der Waals surface area contributed by atoms with Crippen LogP contribution in [0.1, 0.15) is 58.1 Å². The average Bonchev–Trinajstić information content (AvgIpc) is 3.30. The van der Waals surface area contributed by atoms with Gasteiger partial charge in [0.2, 0.25) is 5.91 Å². The lowest BCUT2D eigenvalue weighted by Crippen LogP contribution is -2.49. The Kier molecular flexibility index (Phi) is 12.2. The summed E-state index contributed by atoms with van der Waals surface area (Å²) in [6.07, 6.45) is 0.281. The van der Waals surface area contributed by atoms with Crippen LogP contribution < -0.4 is 10.6 Å². The molecule has 41 heavy (non-hydrogen) atoms. The standard InChI is InChI=1S/C32H43N3O6/c1-22(2)15-27(33-31(38)40-20-24-11-7-5-8-12-24)17-26-18-35(19-29(26)36)30(37)28(16-23(3)4)34-32(39)41-21-25-13-9-6-10-14-25/h5-14,22-23,26-28H,15-21H2,1-4H3,(H,33,38)(H,34,39)/t26?,27-,28-/m0/s1. The molecule has 0 bridgehead atoms. The van der Waals surface area contributed by atoms with Crippen LogP contribution in [-0.4, -0.2) is 54.0 Å². The predicted octanol–water partition coefficient (Wildman–Crippen LogP) is 5.09. The third-order valence-electron chi connectivity index (χ3n) is 6.92. The maximum absolute atomic E-state index is 13.5. The molecule has 3 amide bonds. The quantitative estimate of drug-likeness (QED) is 0.350. The van der Waals surface area contributed by atoms with Crippen LogP contribution in [0.2, 0.25) is 0 Å². The number of hydrogen-bond acceptors (Lipinski definition) is 6. The molecule has 0 aromatic heterocycles. The van der Waals surface area contributed by atoms with Crippen molar-refractivity contribution in [1.82, 2.24) is 15.5 Å². The van der Waals surface area contributed by atoms with Crippen molar-refractivity contribution in [3.8, 4) is 0 Å². The Labute approximate surface area is 243 Å². The van der Waals surface area contributed by atoms with E-state index >= 15 is 0 Å². The van der Waals surface area contributed by atoms with Crippen molar-refractivity contribution in [2.75, 3.05) is 13.1 Å². The Hall–Kier alpha value is -3.88. The Morgan fingerprint density at radius 3 is 1.83 bits per heavy atom. The van der Waals surface area contributed by atoms with Gasteiger partial charge in [-0.15, -0.1) is 0 Å². The van der Waals surface area contributed by atoms with Crippen molar-refractivity contribution in [1.29, 1.82) is 0 Å². The third-order valence-corrected chi connectivity index (χ3v) is 6.92. The van der Waals surface area contributed by atoms with E-state index in [0.717, 1.165) is 11.1 Å². The number of amides is 3. The molecule has 1 fully saturated rings. The second-order valence-electron chi connectivity index (χ2n) is 11.5. The van der Waals surface area contributed by atoms with Crippen molar-refractivity contribution in [3.05, 3.63) is 71.8 Å². The highest BCUT2D eigenvalue weighted by molar-refractivity contribution is 5.94. The van der Waals surface area contributed by atoms with Gasteiger partial charge in [-0.05, 0) is 42.2 Å². The normalized spacial score (nSPS) is 16.4. The zero-order valence-corrected chi connectivity index (χ0v) is 24.5. The van der Waals surface area contributed by atoms with E-state index < -0.39 is 24.1 Å². The Balaban J connectivity index is 1.56. The van der Waals surface area contributed by atoms with E-state index in [-0.39, 0.29) is 55.9 Å². The van der Waals surface area contributed by atoms with Crippen molar-refractivity contribution in [3.63, 3.8) is 0 Å². The molecule has 1 heterocycles. The first-order chi connectivity index (χ1) is 19.6. The molecule has 1 saturated heterocycles. The zero-order valence-electron chi connectivity index (χ0n) is 24.5. The second-order valence-corrected chi connectivity index (χ2v) is 11.5. The van der Waals surface area contributed by atoms with Crippen LogP contribution in [0.3, 0.4) is 0 Å². The Bertz CT molecular complexity index is 1140. The number of carbonyl (C=O) groups excluding carboxylic acids is 4. The van der Waals surface area contributed by atoms with E-state index in [2.05, 4.69) is 24.5 Å². The number of nitrogens with one attached hydrogen (secondary N) is 2. The molecule has 3 rings (SSSR count). The fourth-order valence-corrected chi connectivity index (χ4v) is 5.00. The van der Waals surface area contributed by atoms with E-state index in [1.54, 1.807) is 0 Å². The number of ether oxygens (including phenoxy) is 2. The van der Waals surface area contributed by atoms with Gasteiger partial charge in [-0.3, -0.25) is 9.59 Å². The van der Waals surface area contributed by atoms with Gasteiger partial charge in [-0.2, -0.15) is 0 Å². The molecule has 9 nitrogen and oxygen atoms in total. The van der Waals surface area contributed by atoms with Crippen molar-refractivity contribution in [2.24, 2.45) is 17.8 Å². The number of nitrogens with zero attached hydrogens (tertiary/aromatic N) is 1. The molecule has 2 aromatic carbocycles. The van der Waals surface area contributed by atoms with E-state index in [1.807, 2.05) is 74.5 Å². The van der Waals surface area contributed by atoms with E-state index in [9.17, 15) is 19.2 Å². The minimum atomic E-state index is -0.803. The summed E-state index contributed by atoms with van der Waals surface area (Å²) >= 11 is 0. The topological polar surface area (TPSA) is 114 Å². The van der Waals surface area contributed by atoms with Gasteiger partial charge in [0.15, 0.2) is 5.78 Å². The van der Waals surface area contributed by atoms with Gasteiger partial charge in [-0.1, -0.05) is 88.4 Å². The van der Waals surface area contributed by atoms with Gasteiger partial charge in [0.1, 0.15) is 19.3 Å². The molecule has 1 aliphatic rings. The van der Waals surface area contributed by atoms with E-state index in [0.29, 0.717) is 19.3 Å². The van der Waals surface area contributed by atoms with Crippen LogP contribution >= 0.6 is 0 Å². The van der Waals surface area contributed by atoms with E-state index in [1.165, 1.54) is 4.90 Å². The van der Waals surface area contributed by atoms with Crippen LogP contribution in [0, 0.1) is 17.8 Å². The summed E-state index contributed by atoms with van der Waals surface area (Å²) in [5.41, 5.74) is 1.73. The maximum atomic E-state index is 13.5. The van der Waals surface area contributed by atoms with Gasteiger partial charge in [0.05, 0.1) is 6.54 Å². The molecule has 3 atom stereocenters. The molecule has 0 spiro atoms. The molecule has 0 saturated carbocycles. The summed E-state index contributed by atoms with van der Waals surface area (Å²) in [5.74, 6) is -0.357.